The molecule has 11 heteroatoms. The summed E-state index contributed by atoms with van der Waals surface area (Å²) in [7, 11) is 2.13. The number of likely N-dealkylation sites (N-methyl/N-ethyl adjacent to an activating group) is 1. The largest absolute Gasteiger partial charge is 0.379 e. The number of amides is 3. The van der Waals surface area contributed by atoms with Gasteiger partial charge in [0, 0.05) is 63.7 Å². The summed E-state index contributed by atoms with van der Waals surface area (Å²) in [6.45, 7) is 5.97. The molecule has 4 rings (SSSR count). The molecule has 2 aliphatic rings. The molecule has 3 heterocycles. The van der Waals surface area contributed by atoms with Crippen LogP contribution in [0, 0.1) is 0 Å². The number of hydrogen-bond donors (Lipinski definition) is 2. The van der Waals surface area contributed by atoms with E-state index in [4.69, 9.17) is 5.73 Å². The Balaban J connectivity index is 1.30. The van der Waals surface area contributed by atoms with Crippen LogP contribution in [0.25, 0.3) is 0 Å². The third kappa shape index (κ3) is 4.88. The van der Waals surface area contributed by atoms with E-state index in [2.05, 4.69) is 37.1 Å². The highest BCUT2D eigenvalue weighted by Gasteiger charge is 2.26. The maximum absolute atomic E-state index is 12.7. The van der Waals surface area contributed by atoms with Crippen LogP contribution < -0.4 is 16.0 Å². The number of urea groups is 1. The van der Waals surface area contributed by atoms with Crippen LogP contribution in [-0.4, -0.2) is 96.4 Å². The Morgan fingerprint density at radius 1 is 0.935 bits per heavy atom. The number of nitrogens with two attached hydrogens (primary N) is 1. The predicted molar refractivity (Wildman–Crippen MR) is 116 cm³/mol. The Kier molecular flexibility index (Phi) is 6.21. The summed E-state index contributed by atoms with van der Waals surface area (Å²) in [5.41, 5.74) is 7.55. The van der Waals surface area contributed by atoms with E-state index in [1.807, 2.05) is 24.3 Å². The zero-order chi connectivity index (χ0) is 21.8. The number of nitrogens with one attached hydrogen (secondary N) is 1. The molecule has 166 valence electrons. The van der Waals surface area contributed by atoms with Crippen LogP contribution in [0.1, 0.15) is 16.9 Å². The van der Waals surface area contributed by atoms with Gasteiger partial charge in [0.05, 0.1) is 0 Å². The summed E-state index contributed by atoms with van der Waals surface area (Å²) < 4.78 is 4.51. The molecule has 0 aliphatic carbocycles. The molecule has 11 nitrogen and oxygen atoms in total. The molecule has 31 heavy (non-hydrogen) atoms. The lowest BCUT2D eigenvalue weighted by atomic mass is 10.2. The molecule has 2 aliphatic heterocycles. The van der Waals surface area contributed by atoms with Gasteiger partial charge in [-0.25, -0.2) is 9.42 Å². The number of benzene rings is 1. The lowest BCUT2D eigenvalue weighted by Crippen LogP contribution is -2.44. The van der Waals surface area contributed by atoms with Crippen molar-refractivity contribution in [2.24, 2.45) is 0 Å². The van der Waals surface area contributed by atoms with Gasteiger partial charge in [-0.15, -0.1) is 0 Å². The molecular weight excluding hydrogens is 400 g/mol. The highest BCUT2D eigenvalue weighted by atomic mass is 16.6. The molecule has 2 saturated heterocycles. The molecule has 0 saturated carbocycles. The lowest BCUT2D eigenvalue weighted by molar-refractivity contribution is 0.0752. The number of carbonyl (C=O) groups excluding carboxylic acids is 2. The predicted octanol–water partition coefficient (Wildman–Crippen LogP) is 0.784. The molecule has 2 fully saturated rings. The first-order chi connectivity index (χ1) is 15.0. The Bertz CT molecular complexity index is 907. The standard InChI is InChI=1S/C20H28N8O3/c1-25-9-11-26(12-10-25)16-5-3-15(4-6-16)22-20(30)28-8-2-7-27(13-14-28)19(29)17-18(21)24-31-23-17/h3-6H,2,7-14H2,1H3,(H2,21,24)(H,22,30). The van der Waals surface area contributed by atoms with Gasteiger partial charge >= 0.3 is 6.03 Å². The quantitative estimate of drug-likeness (QED) is 0.735. The van der Waals surface area contributed by atoms with Crippen LogP contribution in [-0.2, 0) is 0 Å². The van der Waals surface area contributed by atoms with Crippen LogP contribution in [0.5, 0.6) is 0 Å². The van der Waals surface area contributed by atoms with Crippen LogP contribution in [0.4, 0.5) is 22.0 Å². The molecule has 2 aromatic rings. The molecule has 3 N–H and O–H groups in total. The monoisotopic (exact) mass is 428 g/mol. The minimum absolute atomic E-state index is 0.0124. The summed E-state index contributed by atoms with van der Waals surface area (Å²) in [6, 6.07) is 7.77. The average Bonchev–Trinajstić information content (AvgIpc) is 3.05. The van der Waals surface area contributed by atoms with Crippen LogP contribution >= 0.6 is 0 Å². The van der Waals surface area contributed by atoms with Crippen molar-refractivity contribution in [2.75, 3.05) is 75.4 Å². The minimum Gasteiger partial charge on any atom is -0.379 e. The average molecular weight is 428 g/mol. The Labute approximate surface area is 180 Å². The van der Waals surface area contributed by atoms with Crippen molar-refractivity contribution in [3.63, 3.8) is 0 Å². The number of hydrogen-bond acceptors (Lipinski definition) is 8. The SMILES string of the molecule is CN1CCN(c2ccc(NC(=O)N3CCCN(C(=O)c4nonc4N)CC3)cc2)CC1. The molecular formula is C20H28N8O3. The van der Waals surface area contributed by atoms with Crippen LogP contribution in [0.15, 0.2) is 28.9 Å². The van der Waals surface area contributed by atoms with E-state index in [-0.39, 0.29) is 23.5 Å². The number of piperazine rings is 1. The molecule has 3 amide bonds. The maximum Gasteiger partial charge on any atom is 0.321 e. The van der Waals surface area contributed by atoms with E-state index in [1.54, 1.807) is 9.80 Å². The highest BCUT2D eigenvalue weighted by Crippen LogP contribution is 2.20. The number of nitrogens with zero attached hydrogens (tertiary/aromatic N) is 6. The highest BCUT2D eigenvalue weighted by molar-refractivity contribution is 5.96. The minimum atomic E-state index is -0.333. The second-order valence-corrected chi connectivity index (χ2v) is 7.90. The van der Waals surface area contributed by atoms with Crippen molar-refractivity contribution in [3.05, 3.63) is 30.0 Å². The molecule has 0 bridgehead atoms. The van der Waals surface area contributed by atoms with Crippen LogP contribution in [0.2, 0.25) is 0 Å². The molecule has 0 atom stereocenters. The summed E-state index contributed by atoms with van der Waals surface area (Å²) in [6.07, 6.45) is 0.659. The van der Waals surface area contributed by atoms with E-state index in [9.17, 15) is 9.59 Å². The van der Waals surface area contributed by atoms with Gasteiger partial charge in [0.2, 0.25) is 11.5 Å². The van der Waals surface area contributed by atoms with E-state index in [0.29, 0.717) is 32.6 Å². The first-order valence-electron chi connectivity index (χ1n) is 10.5. The number of carbonyl (C=O) groups is 2. The summed E-state index contributed by atoms with van der Waals surface area (Å²) >= 11 is 0. The van der Waals surface area contributed by atoms with Gasteiger partial charge < -0.3 is 30.7 Å². The van der Waals surface area contributed by atoms with Crippen LogP contribution in [0.3, 0.4) is 0 Å². The number of anilines is 3. The molecule has 0 unspecified atom stereocenters. The number of nitrogen functional groups attached to an aromatic ring is 1. The first kappa shape index (κ1) is 20.9. The van der Waals surface area contributed by atoms with Gasteiger partial charge in [-0.1, -0.05) is 0 Å². The fourth-order valence-corrected chi connectivity index (χ4v) is 3.84. The maximum atomic E-state index is 12.7. The topological polar surface area (TPSA) is 124 Å². The Hall–Kier alpha value is -3.34. The van der Waals surface area contributed by atoms with E-state index in [1.165, 1.54) is 0 Å². The zero-order valence-corrected chi connectivity index (χ0v) is 17.7. The van der Waals surface area contributed by atoms with Crippen molar-refractivity contribution in [1.29, 1.82) is 0 Å². The number of rotatable bonds is 3. The first-order valence-corrected chi connectivity index (χ1v) is 10.5. The second-order valence-electron chi connectivity index (χ2n) is 7.90. The summed E-state index contributed by atoms with van der Waals surface area (Å²) in [5.74, 6) is -0.357. The number of aromatic nitrogens is 2. The van der Waals surface area contributed by atoms with Crippen molar-refractivity contribution in [1.82, 2.24) is 25.0 Å². The van der Waals surface area contributed by atoms with E-state index in [0.717, 1.165) is 37.6 Å². The lowest BCUT2D eigenvalue weighted by Gasteiger charge is -2.34. The third-order valence-corrected chi connectivity index (χ3v) is 5.77. The van der Waals surface area contributed by atoms with Gasteiger partial charge in [0.1, 0.15) is 0 Å². The van der Waals surface area contributed by atoms with Crippen molar-refractivity contribution in [2.45, 2.75) is 6.42 Å². The zero-order valence-electron chi connectivity index (χ0n) is 17.7. The Morgan fingerprint density at radius 2 is 1.61 bits per heavy atom. The van der Waals surface area contributed by atoms with Crippen molar-refractivity contribution < 1.29 is 14.2 Å². The fourth-order valence-electron chi connectivity index (χ4n) is 3.84. The Morgan fingerprint density at radius 3 is 2.29 bits per heavy atom. The van der Waals surface area contributed by atoms with Gasteiger partial charge in [-0.3, -0.25) is 4.79 Å². The summed E-state index contributed by atoms with van der Waals surface area (Å²) in [4.78, 5) is 33.3. The van der Waals surface area contributed by atoms with Gasteiger partial charge in [-0.2, -0.15) is 0 Å². The molecule has 1 aromatic heterocycles. The summed E-state index contributed by atoms with van der Waals surface area (Å²) in [5, 5.41) is 9.98. The molecule has 0 radical (unpaired) electrons. The normalized spacial score (nSPS) is 18.0. The van der Waals surface area contributed by atoms with Crippen molar-refractivity contribution >= 4 is 29.1 Å². The smallest absolute Gasteiger partial charge is 0.321 e. The second kappa shape index (κ2) is 9.21. The van der Waals surface area contributed by atoms with E-state index >= 15 is 0 Å². The third-order valence-electron chi connectivity index (χ3n) is 5.77. The van der Waals surface area contributed by atoms with Gasteiger partial charge in [0.15, 0.2) is 0 Å². The van der Waals surface area contributed by atoms with E-state index < -0.39 is 0 Å². The molecule has 0 spiro atoms. The fraction of sp³-hybridized carbons (Fsp3) is 0.500. The van der Waals surface area contributed by atoms with Crippen molar-refractivity contribution in [3.8, 4) is 0 Å². The molecule has 1 aromatic carbocycles. The van der Waals surface area contributed by atoms with Gasteiger partial charge in [-0.05, 0) is 48.0 Å². The van der Waals surface area contributed by atoms with Gasteiger partial charge in [0.25, 0.3) is 5.91 Å².